The highest BCUT2D eigenvalue weighted by molar-refractivity contribution is 7.80. The molecule has 3 heterocycles. The Hall–Kier alpha value is -2.56. The van der Waals surface area contributed by atoms with Gasteiger partial charge in [0.05, 0.1) is 11.3 Å². The second kappa shape index (κ2) is 12.5. The second-order valence-corrected chi connectivity index (χ2v) is 11.4. The van der Waals surface area contributed by atoms with Crippen molar-refractivity contribution in [2.24, 2.45) is 0 Å². The molecule has 10 heteroatoms. The number of amides is 1. The number of hydrogen-bond donors (Lipinski definition) is 1. The van der Waals surface area contributed by atoms with E-state index in [0.717, 1.165) is 62.8 Å². The van der Waals surface area contributed by atoms with Gasteiger partial charge < -0.3 is 19.9 Å². The van der Waals surface area contributed by atoms with E-state index in [2.05, 4.69) is 21.7 Å². The molecule has 206 valence electrons. The zero-order valence-corrected chi connectivity index (χ0v) is 24.2. The molecular weight excluding hydrogens is 518 g/mol. The predicted molar refractivity (Wildman–Crippen MR) is 158 cm³/mol. The van der Waals surface area contributed by atoms with Crippen LogP contribution in [-0.2, 0) is 16.1 Å². The van der Waals surface area contributed by atoms with Gasteiger partial charge in [-0.15, -0.1) is 6.58 Å². The molecule has 3 aliphatic rings. The van der Waals surface area contributed by atoms with Gasteiger partial charge in [0.1, 0.15) is 12.1 Å². The number of fused-ring (bicyclic) bond motifs is 1. The summed E-state index contributed by atoms with van der Waals surface area (Å²) in [4.78, 5) is 33.5. The number of ether oxygens (including phenoxy) is 1. The van der Waals surface area contributed by atoms with E-state index in [1.165, 1.54) is 19.3 Å². The van der Waals surface area contributed by atoms with Crippen LogP contribution < -0.4 is 10.2 Å². The fraction of sp³-hybridized carbons (Fsp3) is 0.571. The van der Waals surface area contributed by atoms with Crippen molar-refractivity contribution >= 4 is 52.2 Å². The van der Waals surface area contributed by atoms with Crippen LogP contribution in [0, 0.1) is 0 Å². The third-order valence-electron chi connectivity index (χ3n) is 7.66. The maximum absolute atomic E-state index is 13.3. The van der Waals surface area contributed by atoms with E-state index < -0.39 is 5.54 Å². The highest BCUT2D eigenvalue weighted by atomic mass is 32.1. The van der Waals surface area contributed by atoms with Crippen molar-refractivity contribution in [3.63, 3.8) is 0 Å². The van der Waals surface area contributed by atoms with Gasteiger partial charge >= 0.3 is 5.97 Å². The molecule has 0 unspecified atom stereocenters. The number of unbranched alkanes of at least 4 members (excludes halogenated alkanes) is 4. The second-order valence-electron chi connectivity index (χ2n) is 10.6. The van der Waals surface area contributed by atoms with Crippen molar-refractivity contribution in [2.45, 2.75) is 58.1 Å². The molecule has 1 aromatic rings. The number of benzene rings is 1. The number of cyclic esters (lactones) is 1. The van der Waals surface area contributed by atoms with Crippen LogP contribution in [0.4, 0.5) is 5.69 Å². The van der Waals surface area contributed by atoms with Crippen LogP contribution >= 0.6 is 24.4 Å². The van der Waals surface area contributed by atoms with Gasteiger partial charge in [0.15, 0.2) is 10.2 Å². The number of carbonyl (C=O) groups excluding carboxylic acids is 2. The van der Waals surface area contributed by atoms with Gasteiger partial charge in [-0.2, -0.15) is 0 Å². The highest BCUT2D eigenvalue weighted by Crippen LogP contribution is 2.34. The monoisotopic (exact) mass is 557 g/mol. The third-order valence-corrected chi connectivity index (χ3v) is 8.47. The largest absolute Gasteiger partial charge is 0.457 e. The number of rotatable bonds is 11. The molecule has 4 rings (SSSR count). The van der Waals surface area contributed by atoms with Crippen LogP contribution in [-0.4, -0.2) is 88.2 Å². The molecule has 1 amide bonds. The third kappa shape index (κ3) is 6.18. The highest BCUT2D eigenvalue weighted by Gasteiger charge is 2.49. The van der Waals surface area contributed by atoms with Crippen molar-refractivity contribution in [1.29, 1.82) is 0 Å². The Morgan fingerprint density at radius 1 is 1.08 bits per heavy atom. The lowest BCUT2D eigenvalue weighted by atomic mass is 10.0. The summed E-state index contributed by atoms with van der Waals surface area (Å²) >= 11 is 11.2. The molecule has 0 atom stereocenters. The summed E-state index contributed by atoms with van der Waals surface area (Å²) in [6, 6.07) is 5.35. The van der Waals surface area contributed by atoms with Gasteiger partial charge in [-0.3, -0.25) is 14.6 Å². The van der Waals surface area contributed by atoms with Crippen molar-refractivity contribution in [3.8, 4) is 0 Å². The van der Waals surface area contributed by atoms with Crippen LogP contribution in [0.3, 0.4) is 0 Å². The van der Waals surface area contributed by atoms with Gasteiger partial charge in [-0.25, -0.2) is 4.79 Å². The molecule has 2 fully saturated rings. The molecule has 0 aromatic heterocycles. The fourth-order valence-electron chi connectivity index (χ4n) is 5.28. The first kappa shape index (κ1) is 28.4. The molecule has 0 radical (unpaired) electrons. The smallest absolute Gasteiger partial charge is 0.338 e. The van der Waals surface area contributed by atoms with Gasteiger partial charge in [-0.05, 0) is 75.9 Å². The summed E-state index contributed by atoms with van der Waals surface area (Å²) in [7, 11) is 0. The van der Waals surface area contributed by atoms with Crippen LogP contribution in [0.5, 0.6) is 0 Å². The van der Waals surface area contributed by atoms with Crippen LogP contribution in [0.1, 0.15) is 61.9 Å². The van der Waals surface area contributed by atoms with E-state index >= 15 is 0 Å². The van der Waals surface area contributed by atoms with Gasteiger partial charge in [0, 0.05) is 44.8 Å². The first-order chi connectivity index (χ1) is 18.2. The average molecular weight is 558 g/mol. The summed E-state index contributed by atoms with van der Waals surface area (Å²) in [6.07, 6.45) is 7.50. The molecule has 2 saturated heterocycles. The number of piperazine rings is 1. The molecule has 3 aliphatic heterocycles. The normalized spacial score (nSPS) is 19.1. The van der Waals surface area contributed by atoms with Gasteiger partial charge in [-0.1, -0.05) is 25.3 Å². The lowest BCUT2D eigenvalue weighted by Gasteiger charge is -2.36. The molecule has 1 aromatic carbocycles. The van der Waals surface area contributed by atoms with Crippen molar-refractivity contribution in [2.75, 3.05) is 50.7 Å². The molecule has 0 spiro atoms. The maximum atomic E-state index is 13.3. The molecule has 1 N–H and O–H groups in total. The van der Waals surface area contributed by atoms with Gasteiger partial charge in [0.25, 0.3) is 5.91 Å². The van der Waals surface area contributed by atoms with Crippen LogP contribution in [0.25, 0.3) is 0 Å². The Labute approximate surface area is 236 Å². The fourth-order valence-corrected chi connectivity index (χ4v) is 6.05. The molecule has 0 aliphatic carbocycles. The number of esters is 1. The number of thiocarbonyl (C=S) groups is 2. The number of nitrogens with zero attached hydrogens (tertiary/aromatic N) is 4. The summed E-state index contributed by atoms with van der Waals surface area (Å²) in [5.74, 6) is -0.353. The van der Waals surface area contributed by atoms with E-state index in [9.17, 15) is 9.59 Å². The zero-order valence-electron chi connectivity index (χ0n) is 22.5. The lowest BCUT2D eigenvalue weighted by molar-refractivity contribution is -0.123. The molecule has 8 nitrogen and oxygen atoms in total. The lowest BCUT2D eigenvalue weighted by Crippen LogP contribution is -2.51. The van der Waals surface area contributed by atoms with Crippen LogP contribution in [0.15, 0.2) is 30.9 Å². The van der Waals surface area contributed by atoms with E-state index in [1.807, 2.05) is 30.9 Å². The minimum Gasteiger partial charge on any atom is -0.457 e. The van der Waals surface area contributed by atoms with E-state index in [1.54, 1.807) is 17.0 Å². The summed E-state index contributed by atoms with van der Waals surface area (Å²) in [5, 5.41) is 4.57. The SMILES string of the molecule is C=CCNC(=S)N1CCN(CCCCCCCN2C(=S)N(c3ccc4c(c3)COC4=O)C(=O)C2(C)C)CC1. The average Bonchev–Trinajstić information content (AvgIpc) is 3.35. The molecule has 0 bridgehead atoms. The Balaban J connectivity index is 1.16. The predicted octanol–water partition coefficient (Wildman–Crippen LogP) is 3.70. The van der Waals surface area contributed by atoms with Crippen LogP contribution in [0.2, 0.25) is 0 Å². The Morgan fingerprint density at radius 2 is 1.76 bits per heavy atom. The molecular formula is C28H39N5O3S2. The standard InChI is InChI=1S/C28H39N5O3S2/c1-4-12-29-26(37)31-17-15-30(16-18-31)13-8-6-5-7-9-14-32-27(38)33(25(35)28(32,2)3)22-10-11-23-21(19-22)20-36-24(23)34/h4,10-11,19H,1,5-9,12-18,20H2,2-3H3,(H,29,37). The number of hydrogen-bond acceptors (Lipinski definition) is 6. The molecule has 0 saturated carbocycles. The first-order valence-corrected chi connectivity index (χ1v) is 14.4. The Morgan fingerprint density at radius 3 is 2.47 bits per heavy atom. The van der Waals surface area contributed by atoms with E-state index in [4.69, 9.17) is 29.2 Å². The Bertz CT molecular complexity index is 1080. The van der Waals surface area contributed by atoms with E-state index in [0.29, 0.717) is 22.9 Å². The maximum Gasteiger partial charge on any atom is 0.338 e. The zero-order chi connectivity index (χ0) is 27.3. The topological polar surface area (TPSA) is 68.4 Å². The number of anilines is 1. The van der Waals surface area contributed by atoms with Gasteiger partial charge in [0.2, 0.25) is 0 Å². The van der Waals surface area contributed by atoms with Crippen molar-refractivity contribution in [1.82, 2.24) is 20.0 Å². The van der Waals surface area contributed by atoms with Crippen molar-refractivity contribution in [3.05, 3.63) is 42.0 Å². The summed E-state index contributed by atoms with van der Waals surface area (Å²) < 4.78 is 5.11. The summed E-state index contributed by atoms with van der Waals surface area (Å²) in [6.45, 7) is 14.5. The quantitative estimate of drug-likeness (QED) is 0.190. The minimum absolute atomic E-state index is 0.0370. The number of nitrogens with one attached hydrogen (secondary N) is 1. The molecule has 38 heavy (non-hydrogen) atoms. The minimum atomic E-state index is -0.700. The summed E-state index contributed by atoms with van der Waals surface area (Å²) in [5.41, 5.74) is 1.35. The van der Waals surface area contributed by atoms with E-state index in [-0.39, 0.29) is 18.5 Å². The Kier molecular flexibility index (Phi) is 9.38. The number of carbonyl (C=O) groups is 2. The van der Waals surface area contributed by atoms with Crippen molar-refractivity contribution < 1.29 is 14.3 Å². The first-order valence-electron chi connectivity index (χ1n) is 13.6.